The van der Waals surface area contributed by atoms with Crippen LogP contribution in [0, 0.1) is 0 Å². The molecule has 0 amide bonds. The van der Waals surface area contributed by atoms with E-state index in [-0.39, 0.29) is 10.6 Å². The fourth-order valence-corrected chi connectivity index (χ4v) is 2.62. The van der Waals surface area contributed by atoms with Crippen LogP contribution in [0.1, 0.15) is 36.5 Å². The first-order chi connectivity index (χ1) is 9.58. The zero-order valence-corrected chi connectivity index (χ0v) is 12.4. The number of carbonyl (C=O) groups is 1. The zero-order chi connectivity index (χ0) is 14.5. The second-order valence-corrected chi connectivity index (χ2v) is 5.59. The Labute approximate surface area is 123 Å². The van der Waals surface area contributed by atoms with E-state index in [1.807, 2.05) is 0 Å². The van der Waals surface area contributed by atoms with Crippen LogP contribution in [0.25, 0.3) is 0 Å². The van der Waals surface area contributed by atoms with E-state index in [0.717, 1.165) is 19.6 Å². The Morgan fingerprint density at radius 1 is 1.50 bits per heavy atom. The van der Waals surface area contributed by atoms with E-state index in [4.69, 9.17) is 16.7 Å². The van der Waals surface area contributed by atoms with E-state index < -0.39 is 5.97 Å². The second kappa shape index (κ2) is 6.90. The third kappa shape index (κ3) is 3.84. The lowest BCUT2D eigenvalue weighted by molar-refractivity contribution is 0.0697. The van der Waals surface area contributed by atoms with Crippen molar-refractivity contribution in [1.29, 1.82) is 0 Å². The molecule has 1 aliphatic rings. The summed E-state index contributed by atoms with van der Waals surface area (Å²) in [6, 6.07) is 1.88. The number of likely N-dealkylation sites (tertiary alicyclic amines) is 1. The van der Waals surface area contributed by atoms with E-state index in [1.54, 1.807) is 0 Å². The van der Waals surface area contributed by atoms with Gasteiger partial charge in [-0.05, 0) is 38.9 Å². The minimum absolute atomic E-state index is 0.0785. The van der Waals surface area contributed by atoms with Crippen molar-refractivity contribution < 1.29 is 9.90 Å². The van der Waals surface area contributed by atoms with Crippen LogP contribution in [0.15, 0.2) is 12.3 Å². The molecule has 6 heteroatoms. The monoisotopic (exact) mass is 297 g/mol. The maximum atomic E-state index is 11.0. The average molecular weight is 298 g/mol. The van der Waals surface area contributed by atoms with Crippen molar-refractivity contribution in [3.05, 3.63) is 22.8 Å². The van der Waals surface area contributed by atoms with Crippen molar-refractivity contribution >= 4 is 23.4 Å². The van der Waals surface area contributed by atoms with E-state index in [2.05, 4.69) is 22.1 Å². The third-order valence-corrected chi connectivity index (χ3v) is 3.98. The molecule has 0 aliphatic carbocycles. The van der Waals surface area contributed by atoms with Gasteiger partial charge in [-0.1, -0.05) is 18.0 Å². The first-order valence-electron chi connectivity index (χ1n) is 6.94. The molecule has 1 aromatic rings. The van der Waals surface area contributed by atoms with Crippen molar-refractivity contribution in [3.63, 3.8) is 0 Å². The predicted octanol–water partition coefficient (Wildman–Crippen LogP) is 2.72. The summed E-state index contributed by atoms with van der Waals surface area (Å²) in [6.07, 6.45) is 5.20. The summed E-state index contributed by atoms with van der Waals surface area (Å²) >= 11 is 5.80. The molecule has 1 fully saturated rings. The van der Waals surface area contributed by atoms with Crippen LogP contribution in [0.2, 0.25) is 5.02 Å². The number of piperidine rings is 1. The predicted molar refractivity (Wildman–Crippen MR) is 79.6 cm³/mol. The number of carboxylic acid groups (broad SMARTS) is 1. The molecule has 1 atom stereocenters. The van der Waals surface area contributed by atoms with Crippen LogP contribution in [-0.4, -0.2) is 46.6 Å². The average Bonchev–Trinajstić information content (AvgIpc) is 2.46. The van der Waals surface area contributed by atoms with Gasteiger partial charge in [0.05, 0.1) is 10.6 Å². The number of anilines is 1. The second-order valence-electron chi connectivity index (χ2n) is 5.18. The topological polar surface area (TPSA) is 65.5 Å². The lowest BCUT2D eigenvalue weighted by Crippen LogP contribution is -2.41. The van der Waals surface area contributed by atoms with Crippen LogP contribution in [-0.2, 0) is 0 Å². The number of aromatic carboxylic acids is 1. The van der Waals surface area contributed by atoms with E-state index >= 15 is 0 Å². The summed E-state index contributed by atoms with van der Waals surface area (Å²) in [6.45, 7) is 5.19. The standard InChI is InChI=1S/C14H20ClN3O2/c1-10(18-5-3-2-4-6-18)8-16-13-7-11(14(19)20)12(15)9-17-13/h7,9-10H,2-6,8H2,1H3,(H,16,17)(H,19,20). The van der Waals surface area contributed by atoms with Gasteiger partial charge in [0.2, 0.25) is 0 Å². The number of nitrogens with one attached hydrogen (secondary N) is 1. The van der Waals surface area contributed by atoms with E-state index in [9.17, 15) is 4.79 Å². The number of hydrogen-bond donors (Lipinski definition) is 2. The summed E-state index contributed by atoms with van der Waals surface area (Å²) in [5, 5.41) is 12.4. The number of rotatable bonds is 5. The van der Waals surface area contributed by atoms with Crippen LogP contribution in [0.5, 0.6) is 0 Å². The molecule has 2 rings (SSSR count). The molecule has 0 bridgehead atoms. The molecule has 5 nitrogen and oxygen atoms in total. The largest absolute Gasteiger partial charge is 0.478 e. The van der Waals surface area contributed by atoms with Gasteiger partial charge in [-0.3, -0.25) is 4.90 Å². The summed E-state index contributed by atoms with van der Waals surface area (Å²) in [5.74, 6) is -0.486. The highest BCUT2D eigenvalue weighted by Crippen LogP contribution is 2.18. The van der Waals surface area contributed by atoms with Gasteiger partial charge in [-0.25, -0.2) is 9.78 Å². The van der Waals surface area contributed by atoms with Crippen molar-refractivity contribution in [1.82, 2.24) is 9.88 Å². The smallest absolute Gasteiger partial charge is 0.337 e. The molecule has 1 aliphatic heterocycles. The fourth-order valence-electron chi connectivity index (χ4n) is 2.44. The summed E-state index contributed by atoms with van der Waals surface area (Å²) in [4.78, 5) is 17.6. The Balaban J connectivity index is 1.93. The summed E-state index contributed by atoms with van der Waals surface area (Å²) in [5.41, 5.74) is 0.0785. The Morgan fingerprint density at radius 3 is 2.85 bits per heavy atom. The molecular formula is C14H20ClN3O2. The Bertz CT molecular complexity index is 475. The van der Waals surface area contributed by atoms with E-state index in [1.165, 1.54) is 31.5 Å². The highest BCUT2D eigenvalue weighted by Gasteiger charge is 2.17. The highest BCUT2D eigenvalue weighted by atomic mass is 35.5. The Kier molecular flexibility index (Phi) is 5.20. The molecular weight excluding hydrogens is 278 g/mol. The minimum atomic E-state index is -1.04. The lowest BCUT2D eigenvalue weighted by Gasteiger charge is -2.32. The number of carboxylic acids is 1. The molecule has 2 heterocycles. The molecule has 1 unspecified atom stereocenters. The maximum absolute atomic E-state index is 11.0. The molecule has 110 valence electrons. The lowest BCUT2D eigenvalue weighted by atomic mass is 10.1. The van der Waals surface area contributed by atoms with Gasteiger partial charge in [0, 0.05) is 18.8 Å². The number of pyridine rings is 1. The van der Waals surface area contributed by atoms with Crippen LogP contribution in [0.3, 0.4) is 0 Å². The molecule has 0 radical (unpaired) electrons. The number of nitrogens with zero attached hydrogens (tertiary/aromatic N) is 2. The van der Waals surface area contributed by atoms with Gasteiger partial charge in [-0.2, -0.15) is 0 Å². The van der Waals surface area contributed by atoms with Gasteiger partial charge < -0.3 is 10.4 Å². The molecule has 20 heavy (non-hydrogen) atoms. The summed E-state index contributed by atoms with van der Waals surface area (Å²) in [7, 11) is 0. The SMILES string of the molecule is CC(CNc1cc(C(=O)O)c(Cl)cn1)N1CCCCC1. The summed E-state index contributed by atoms with van der Waals surface area (Å²) < 4.78 is 0. The quantitative estimate of drug-likeness (QED) is 0.875. The maximum Gasteiger partial charge on any atom is 0.337 e. The van der Waals surface area contributed by atoms with Gasteiger partial charge in [0.25, 0.3) is 0 Å². The van der Waals surface area contributed by atoms with Crippen LogP contribution < -0.4 is 5.32 Å². The van der Waals surface area contributed by atoms with Gasteiger partial charge in [0.15, 0.2) is 0 Å². The van der Waals surface area contributed by atoms with E-state index in [0.29, 0.717) is 11.9 Å². The van der Waals surface area contributed by atoms with Crippen molar-refractivity contribution in [2.45, 2.75) is 32.2 Å². The Morgan fingerprint density at radius 2 is 2.20 bits per heavy atom. The molecule has 1 aromatic heterocycles. The normalized spacial score (nSPS) is 17.7. The molecule has 0 saturated carbocycles. The van der Waals surface area contributed by atoms with Gasteiger partial charge in [-0.15, -0.1) is 0 Å². The zero-order valence-electron chi connectivity index (χ0n) is 11.6. The van der Waals surface area contributed by atoms with Crippen molar-refractivity contribution in [3.8, 4) is 0 Å². The third-order valence-electron chi connectivity index (χ3n) is 3.68. The first kappa shape index (κ1) is 15.1. The molecule has 0 aromatic carbocycles. The van der Waals surface area contributed by atoms with Crippen molar-refractivity contribution in [2.24, 2.45) is 0 Å². The van der Waals surface area contributed by atoms with Gasteiger partial charge >= 0.3 is 5.97 Å². The molecule has 1 saturated heterocycles. The number of hydrogen-bond acceptors (Lipinski definition) is 4. The highest BCUT2D eigenvalue weighted by molar-refractivity contribution is 6.33. The molecule has 2 N–H and O–H groups in total. The minimum Gasteiger partial charge on any atom is -0.478 e. The molecule has 0 spiro atoms. The fraction of sp³-hybridized carbons (Fsp3) is 0.571. The van der Waals surface area contributed by atoms with Crippen LogP contribution in [0.4, 0.5) is 5.82 Å². The van der Waals surface area contributed by atoms with Crippen molar-refractivity contribution in [2.75, 3.05) is 25.0 Å². The number of aromatic nitrogens is 1. The number of halogens is 1. The first-order valence-corrected chi connectivity index (χ1v) is 7.32. The van der Waals surface area contributed by atoms with Crippen LogP contribution >= 0.6 is 11.6 Å². The Hall–Kier alpha value is -1.33. The van der Waals surface area contributed by atoms with Gasteiger partial charge in [0.1, 0.15) is 5.82 Å².